The van der Waals surface area contributed by atoms with Crippen LogP contribution in [0.1, 0.15) is 38.5 Å². The molecule has 2 nitrogen and oxygen atoms in total. The first-order valence-corrected chi connectivity index (χ1v) is 6.95. The van der Waals surface area contributed by atoms with E-state index in [2.05, 4.69) is 16.8 Å². The minimum atomic E-state index is 0.880. The van der Waals surface area contributed by atoms with Gasteiger partial charge in [0.1, 0.15) is 0 Å². The van der Waals surface area contributed by atoms with Crippen molar-refractivity contribution in [2.75, 3.05) is 26.2 Å². The lowest BCUT2D eigenvalue weighted by molar-refractivity contribution is 0.181. The number of rotatable bonds is 7. The number of nitrogens with zero attached hydrogens (tertiary/aromatic N) is 1. The van der Waals surface area contributed by atoms with Gasteiger partial charge in [-0.05, 0) is 70.6 Å². The van der Waals surface area contributed by atoms with Gasteiger partial charge in [0.15, 0.2) is 0 Å². The number of piperidine rings is 1. The molecule has 0 atom stereocenters. The van der Waals surface area contributed by atoms with E-state index in [9.17, 15) is 0 Å². The summed E-state index contributed by atoms with van der Waals surface area (Å²) >= 11 is 0. The highest BCUT2D eigenvalue weighted by atomic mass is 15.1. The Morgan fingerprint density at radius 3 is 2.56 bits per heavy atom. The van der Waals surface area contributed by atoms with Gasteiger partial charge < -0.3 is 10.2 Å². The highest BCUT2D eigenvalue weighted by Crippen LogP contribution is 2.21. The first-order chi connectivity index (χ1) is 7.88. The fraction of sp³-hybridized carbons (Fsp3) is 0.857. The minimum Gasteiger partial charge on any atom is -0.314 e. The van der Waals surface area contributed by atoms with Crippen LogP contribution in [-0.2, 0) is 0 Å². The summed E-state index contributed by atoms with van der Waals surface area (Å²) < 4.78 is 0. The first kappa shape index (κ1) is 12.1. The van der Waals surface area contributed by atoms with Crippen LogP contribution < -0.4 is 5.32 Å². The Morgan fingerprint density at radius 1 is 1.19 bits per heavy atom. The molecule has 2 aliphatic rings. The van der Waals surface area contributed by atoms with Crippen LogP contribution in [0.15, 0.2) is 12.7 Å². The molecule has 0 aromatic heterocycles. The van der Waals surface area contributed by atoms with Crippen LogP contribution in [-0.4, -0.2) is 37.1 Å². The third-order valence-electron chi connectivity index (χ3n) is 3.86. The molecule has 0 amide bonds. The largest absolute Gasteiger partial charge is 0.314 e. The fourth-order valence-electron chi connectivity index (χ4n) is 2.49. The molecule has 2 rings (SSSR count). The molecule has 1 N–H and O–H groups in total. The average Bonchev–Trinajstić information content (AvgIpc) is 3.12. The summed E-state index contributed by atoms with van der Waals surface area (Å²) in [5, 5.41) is 3.66. The predicted molar refractivity (Wildman–Crippen MR) is 69.6 cm³/mol. The van der Waals surface area contributed by atoms with E-state index < -0.39 is 0 Å². The molecule has 92 valence electrons. The summed E-state index contributed by atoms with van der Waals surface area (Å²) in [5.74, 6) is 0.941. The molecule has 16 heavy (non-hydrogen) atoms. The van der Waals surface area contributed by atoms with Crippen molar-refractivity contribution >= 4 is 0 Å². The molecule has 0 aromatic rings. The Balaban J connectivity index is 1.52. The molecule has 0 unspecified atom stereocenters. The lowest BCUT2D eigenvalue weighted by Crippen LogP contribution is -2.38. The van der Waals surface area contributed by atoms with Crippen molar-refractivity contribution in [3.05, 3.63) is 12.7 Å². The van der Waals surface area contributed by atoms with Crippen molar-refractivity contribution in [2.45, 2.75) is 44.6 Å². The third kappa shape index (κ3) is 4.26. The lowest BCUT2D eigenvalue weighted by Gasteiger charge is -2.32. The van der Waals surface area contributed by atoms with Gasteiger partial charge in [-0.25, -0.2) is 0 Å². The van der Waals surface area contributed by atoms with Gasteiger partial charge >= 0.3 is 0 Å². The van der Waals surface area contributed by atoms with E-state index in [0.29, 0.717) is 0 Å². The lowest BCUT2D eigenvalue weighted by atomic mass is 9.96. The van der Waals surface area contributed by atoms with Crippen molar-refractivity contribution in [3.63, 3.8) is 0 Å². The number of allylic oxidation sites excluding steroid dienone is 1. The summed E-state index contributed by atoms with van der Waals surface area (Å²) in [6.45, 7) is 8.94. The van der Waals surface area contributed by atoms with Crippen LogP contribution in [0.3, 0.4) is 0 Å². The van der Waals surface area contributed by atoms with E-state index >= 15 is 0 Å². The smallest absolute Gasteiger partial charge is 0.00683 e. The van der Waals surface area contributed by atoms with E-state index in [4.69, 9.17) is 0 Å². The Kier molecular flexibility index (Phi) is 4.86. The van der Waals surface area contributed by atoms with Crippen molar-refractivity contribution < 1.29 is 0 Å². The average molecular weight is 222 g/mol. The number of unbranched alkanes of at least 4 members (excludes halogenated alkanes) is 1. The minimum absolute atomic E-state index is 0.880. The van der Waals surface area contributed by atoms with Crippen LogP contribution in [0.4, 0.5) is 0 Å². The second kappa shape index (κ2) is 6.41. The van der Waals surface area contributed by atoms with E-state index in [1.807, 2.05) is 6.08 Å². The van der Waals surface area contributed by atoms with Crippen molar-refractivity contribution in [1.29, 1.82) is 0 Å². The Bertz CT molecular complexity index is 203. The van der Waals surface area contributed by atoms with Crippen LogP contribution in [0.5, 0.6) is 0 Å². The van der Waals surface area contributed by atoms with E-state index in [1.165, 1.54) is 64.7 Å². The third-order valence-corrected chi connectivity index (χ3v) is 3.86. The molecule has 1 aliphatic heterocycles. The maximum atomic E-state index is 3.78. The number of hydrogen-bond donors (Lipinski definition) is 1. The monoisotopic (exact) mass is 222 g/mol. The summed E-state index contributed by atoms with van der Waals surface area (Å²) in [7, 11) is 0. The van der Waals surface area contributed by atoms with E-state index in [-0.39, 0.29) is 0 Å². The topological polar surface area (TPSA) is 15.3 Å². The second-order valence-electron chi connectivity index (χ2n) is 5.40. The summed E-state index contributed by atoms with van der Waals surface area (Å²) in [4.78, 5) is 2.62. The predicted octanol–water partition coefficient (Wildman–Crippen LogP) is 2.42. The van der Waals surface area contributed by atoms with Crippen molar-refractivity contribution in [3.8, 4) is 0 Å². The van der Waals surface area contributed by atoms with Gasteiger partial charge in [-0.3, -0.25) is 0 Å². The molecule has 1 saturated carbocycles. The maximum absolute atomic E-state index is 3.78. The van der Waals surface area contributed by atoms with Gasteiger partial charge in [-0.15, -0.1) is 6.58 Å². The second-order valence-corrected chi connectivity index (χ2v) is 5.40. The first-order valence-electron chi connectivity index (χ1n) is 6.95. The number of likely N-dealkylation sites (tertiary alicyclic amines) is 1. The molecule has 0 spiro atoms. The van der Waals surface area contributed by atoms with Crippen LogP contribution in [0, 0.1) is 5.92 Å². The number of nitrogens with one attached hydrogen (secondary N) is 1. The number of hydrogen-bond acceptors (Lipinski definition) is 2. The van der Waals surface area contributed by atoms with E-state index in [0.717, 1.165) is 12.0 Å². The molecule has 1 aliphatic carbocycles. The molecular weight excluding hydrogens is 196 g/mol. The van der Waals surface area contributed by atoms with Gasteiger partial charge in [-0.1, -0.05) is 6.08 Å². The Labute approximate surface area is 100 Å². The van der Waals surface area contributed by atoms with E-state index in [1.54, 1.807) is 0 Å². The molecule has 1 heterocycles. The van der Waals surface area contributed by atoms with Crippen LogP contribution in [0.25, 0.3) is 0 Å². The standard InChI is InChI=1S/C14H26N2/c1-2-3-4-9-16-10-7-13(8-11-16)12-15-14-5-6-14/h2,13-15H,1,3-12H2. The Morgan fingerprint density at radius 2 is 1.94 bits per heavy atom. The fourth-order valence-corrected chi connectivity index (χ4v) is 2.49. The Hall–Kier alpha value is -0.340. The molecule has 2 heteroatoms. The highest BCUT2D eigenvalue weighted by Gasteiger charge is 2.23. The maximum Gasteiger partial charge on any atom is 0.00683 e. The van der Waals surface area contributed by atoms with Gasteiger partial charge in [0.25, 0.3) is 0 Å². The zero-order valence-corrected chi connectivity index (χ0v) is 10.5. The zero-order chi connectivity index (χ0) is 11.2. The zero-order valence-electron chi connectivity index (χ0n) is 10.5. The molecule has 0 aromatic carbocycles. The molecule has 0 radical (unpaired) electrons. The van der Waals surface area contributed by atoms with Crippen LogP contribution >= 0.6 is 0 Å². The van der Waals surface area contributed by atoms with Gasteiger partial charge in [0, 0.05) is 6.04 Å². The van der Waals surface area contributed by atoms with Gasteiger partial charge in [0.05, 0.1) is 0 Å². The summed E-state index contributed by atoms with van der Waals surface area (Å²) in [6.07, 6.45) is 10.1. The molecule has 1 saturated heterocycles. The van der Waals surface area contributed by atoms with Gasteiger partial charge in [0.2, 0.25) is 0 Å². The van der Waals surface area contributed by atoms with Crippen molar-refractivity contribution in [1.82, 2.24) is 10.2 Å². The summed E-state index contributed by atoms with van der Waals surface area (Å²) in [6, 6.07) is 0.880. The van der Waals surface area contributed by atoms with Crippen molar-refractivity contribution in [2.24, 2.45) is 5.92 Å². The van der Waals surface area contributed by atoms with Crippen LogP contribution in [0.2, 0.25) is 0 Å². The highest BCUT2D eigenvalue weighted by molar-refractivity contribution is 4.83. The summed E-state index contributed by atoms with van der Waals surface area (Å²) in [5.41, 5.74) is 0. The molecular formula is C14H26N2. The molecule has 0 bridgehead atoms. The quantitative estimate of drug-likeness (QED) is 0.526. The SMILES string of the molecule is C=CCCCN1CCC(CNC2CC2)CC1. The van der Waals surface area contributed by atoms with Gasteiger partial charge in [-0.2, -0.15) is 0 Å². The molecule has 2 fully saturated rings. The normalized spacial score (nSPS) is 23.5.